The molecule has 0 aliphatic heterocycles. The van der Waals surface area contributed by atoms with Gasteiger partial charge in [-0.1, -0.05) is 23.2 Å². The minimum Gasteiger partial charge on any atom is -0.251 e. The average molecular weight is 287 g/mol. The zero-order chi connectivity index (χ0) is 12.0. The van der Waals surface area contributed by atoms with Gasteiger partial charge in [0, 0.05) is 22.0 Å². The number of pyridine rings is 1. The predicted octanol–water partition coefficient (Wildman–Crippen LogP) is 4.77. The second-order valence-electron chi connectivity index (χ2n) is 4.29. The van der Waals surface area contributed by atoms with Crippen LogP contribution in [0.25, 0.3) is 10.9 Å². The molecule has 1 heterocycles. The van der Waals surface area contributed by atoms with E-state index in [0.717, 1.165) is 41.4 Å². The first-order valence-corrected chi connectivity index (χ1v) is 6.85. The summed E-state index contributed by atoms with van der Waals surface area (Å²) in [6, 6.07) is 3.64. The Labute approximate surface area is 115 Å². The summed E-state index contributed by atoms with van der Waals surface area (Å²) in [5, 5.41) is 2.24. The Balaban J connectivity index is 2.45. The van der Waals surface area contributed by atoms with Gasteiger partial charge < -0.3 is 0 Å². The Morgan fingerprint density at radius 1 is 1.18 bits per heavy atom. The maximum atomic E-state index is 6.20. The van der Waals surface area contributed by atoms with Gasteiger partial charge in [-0.15, -0.1) is 11.6 Å². The van der Waals surface area contributed by atoms with Crippen molar-refractivity contribution in [2.75, 3.05) is 0 Å². The van der Waals surface area contributed by atoms with Gasteiger partial charge in [0.25, 0.3) is 0 Å². The highest BCUT2D eigenvalue weighted by Crippen LogP contribution is 2.35. The van der Waals surface area contributed by atoms with E-state index in [0.29, 0.717) is 15.9 Å². The third-order valence-corrected chi connectivity index (χ3v) is 4.06. The average Bonchev–Trinajstić information content (AvgIpc) is 2.74. The summed E-state index contributed by atoms with van der Waals surface area (Å²) < 4.78 is 0. The summed E-state index contributed by atoms with van der Waals surface area (Å²) in [4.78, 5) is 4.66. The lowest BCUT2D eigenvalue weighted by Crippen LogP contribution is -1.97. The Morgan fingerprint density at radius 3 is 2.76 bits per heavy atom. The molecule has 0 atom stereocenters. The molecule has 17 heavy (non-hydrogen) atoms. The van der Waals surface area contributed by atoms with Crippen LogP contribution >= 0.6 is 34.8 Å². The van der Waals surface area contributed by atoms with Crippen molar-refractivity contribution in [2.45, 2.75) is 25.1 Å². The van der Waals surface area contributed by atoms with E-state index in [2.05, 4.69) is 4.98 Å². The summed E-state index contributed by atoms with van der Waals surface area (Å²) >= 11 is 18.3. The van der Waals surface area contributed by atoms with Crippen molar-refractivity contribution in [2.24, 2.45) is 0 Å². The molecule has 4 heteroatoms. The Morgan fingerprint density at radius 2 is 2.00 bits per heavy atom. The number of alkyl halides is 1. The minimum absolute atomic E-state index is 0.484. The van der Waals surface area contributed by atoms with E-state index in [9.17, 15) is 0 Å². The minimum atomic E-state index is 0.484. The monoisotopic (exact) mass is 285 g/mol. The molecule has 1 aliphatic carbocycles. The molecule has 0 radical (unpaired) electrons. The highest BCUT2D eigenvalue weighted by molar-refractivity contribution is 6.38. The fraction of sp³-hybridized carbons (Fsp3) is 0.308. The molecule has 1 aromatic carbocycles. The highest BCUT2D eigenvalue weighted by atomic mass is 35.5. The van der Waals surface area contributed by atoms with Crippen molar-refractivity contribution in [3.63, 3.8) is 0 Å². The number of fused-ring (bicyclic) bond motifs is 2. The predicted molar refractivity (Wildman–Crippen MR) is 73.3 cm³/mol. The van der Waals surface area contributed by atoms with Crippen molar-refractivity contribution in [1.29, 1.82) is 0 Å². The van der Waals surface area contributed by atoms with Crippen LogP contribution in [0.5, 0.6) is 0 Å². The van der Waals surface area contributed by atoms with Gasteiger partial charge in [-0.25, -0.2) is 0 Å². The maximum Gasteiger partial charge on any atom is 0.0895 e. The zero-order valence-corrected chi connectivity index (χ0v) is 11.3. The Hall–Kier alpha value is -0.500. The van der Waals surface area contributed by atoms with Crippen LogP contribution in [0.15, 0.2) is 12.1 Å². The van der Waals surface area contributed by atoms with E-state index < -0.39 is 0 Å². The maximum absolute atomic E-state index is 6.20. The number of aromatic nitrogens is 1. The number of nitrogens with zero attached hydrogens (tertiary/aromatic N) is 1. The zero-order valence-electron chi connectivity index (χ0n) is 9.06. The molecule has 88 valence electrons. The van der Waals surface area contributed by atoms with Crippen LogP contribution in [-0.4, -0.2) is 4.98 Å². The van der Waals surface area contributed by atoms with Crippen molar-refractivity contribution in [3.05, 3.63) is 39.0 Å². The molecule has 3 rings (SSSR count). The topological polar surface area (TPSA) is 12.9 Å². The largest absolute Gasteiger partial charge is 0.251 e. The van der Waals surface area contributed by atoms with Gasteiger partial charge in [0.2, 0.25) is 0 Å². The molecule has 1 nitrogen and oxygen atoms in total. The lowest BCUT2D eigenvalue weighted by molar-refractivity contribution is 0.899. The number of hydrogen-bond acceptors (Lipinski definition) is 1. The first-order valence-electron chi connectivity index (χ1n) is 5.56. The number of aryl methyl sites for hydroxylation is 1. The van der Waals surface area contributed by atoms with Crippen LogP contribution in [0.3, 0.4) is 0 Å². The molecule has 0 fully saturated rings. The first-order chi connectivity index (χ1) is 8.20. The van der Waals surface area contributed by atoms with Gasteiger partial charge in [-0.2, -0.15) is 0 Å². The van der Waals surface area contributed by atoms with Gasteiger partial charge in [0.05, 0.1) is 10.5 Å². The van der Waals surface area contributed by atoms with E-state index in [1.54, 1.807) is 6.07 Å². The normalized spacial score (nSPS) is 14.3. The molecule has 1 aliphatic rings. The second-order valence-corrected chi connectivity index (χ2v) is 5.40. The van der Waals surface area contributed by atoms with Crippen molar-refractivity contribution >= 4 is 45.7 Å². The Kier molecular flexibility index (Phi) is 2.94. The summed E-state index contributed by atoms with van der Waals surface area (Å²) in [5.41, 5.74) is 4.42. The lowest BCUT2D eigenvalue weighted by atomic mass is 10.0. The molecule has 0 N–H and O–H groups in total. The fourth-order valence-electron chi connectivity index (χ4n) is 2.54. The third kappa shape index (κ3) is 1.81. The van der Waals surface area contributed by atoms with E-state index in [1.807, 2.05) is 6.07 Å². The first kappa shape index (κ1) is 11.6. The molecule has 0 saturated carbocycles. The number of rotatable bonds is 1. The molecule has 1 aromatic heterocycles. The summed E-state index contributed by atoms with van der Waals surface area (Å²) in [6.45, 7) is 0. The quantitative estimate of drug-likeness (QED) is 0.688. The van der Waals surface area contributed by atoms with Crippen LogP contribution in [0.2, 0.25) is 10.0 Å². The molecule has 0 saturated heterocycles. The van der Waals surface area contributed by atoms with Gasteiger partial charge in [-0.3, -0.25) is 4.98 Å². The van der Waals surface area contributed by atoms with E-state index in [4.69, 9.17) is 34.8 Å². The molecular formula is C13H10Cl3N. The molecule has 0 spiro atoms. The summed E-state index contributed by atoms with van der Waals surface area (Å²) in [7, 11) is 0. The molecule has 0 unspecified atom stereocenters. The number of halogens is 3. The van der Waals surface area contributed by atoms with Gasteiger partial charge in [-0.05, 0) is 42.5 Å². The van der Waals surface area contributed by atoms with E-state index in [1.165, 1.54) is 5.56 Å². The van der Waals surface area contributed by atoms with Crippen LogP contribution in [-0.2, 0) is 18.7 Å². The van der Waals surface area contributed by atoms with E-state index >= 15 is 0 Å². The lowest BCUT2D eigenvalue weighted by Gasteiger charge is -2.11. The van der Waals surface area contributed by atoms with Crippen molar-refractivity contribution in [3.8, 4) is 0 Å². The van der Waals surface area contributed by atoms with Gasteiger partial charge in [0.15, 0.2) is 0 Å². The fourth-order valence-corrected chi connectivity index (χ4v) is 3.38. The van der Waals surface area contributed by atoms with Crippen molar-refractivity contribution < 1.29 is 0 Å². The van der Waals surface area contributed by atoms with Crippen LogP contribution in [0.4, 0.5) is 0 Å². The molecular weight excluding hydrogens is 277 g/mol. The summed E-state index contributed by atoms with van der Waals surface area (Å²) in [5.74, 6) is 0.484. The smallest absolute Gasteiger partial charge is 0.0895 e. The molecule has 0 amide bonds. The van der Waals surface area contributed by atoms with Gasteiger partial charge >= 0.3 is 0 Å². The van der Waals surface area contributed by atoms with Crippen LogP contribution in [0, 0.1) is 0 Å². The van der Waals surface area contributed by atoms with Crippen LogP contribution < -0.4 is 0 Å². The highest BCUT2D eigenvalue weighted by Gasteiger charge is 2.20. The molecule has 0 bridgehead atoms. The standard InChI is InChI=1S/C13H10Cl3N/c14-6-10-8-2-1-3-12(8)17-13-9(10)4-7(15)5-11(13)16/h4-5H,1-3,6H2. The number of benzene rings is 1. The SMILES string of the molecule is ClCc1c2c(nc3c(Cl)cc(Cl)cc13)CCC2. The Bertz CT molecular complexity index is 607. The third-order valence-electron chi connectivity index (χ3n) is 3.29. The molecule has 2 aromatic rings. The second kappa shape index (κ2) is 4.31. The van der Waals surface area contributed by atoms with Crippen molar-refractivity contribution in [1.82, 2.24) is 4.98 Å². The number of hydrogen-bond donors (Lipinski definition) is 0. The van der Waals surface area contributed by atoms with Gasteiger partial charge in [0.1, 0.15) is 0 Å². The van der Waals surface area contributed by atoms with Crippen LogP contribution in [0.1, 0.15) is 23.2 Å². The summed E-state index contributed by atoms with van der Waals surface area (Å²) in [6.07, 6.45) is 3.23. The van der Waals surface area contributed by atoms with E-state index in [-0.39, 0.29) is 0 Å².